The Bertz CT molecular complexity index is 522. The van der Waals surface area contributed by atoms with Crippen molar-refractivity contribution in [1.29, 1.82) is 0 Å². The van der Waals surface area contributed by atoms with E-state index in [1.165, 1.54) is 0 Å². The second-order valence-electron chi connectivity index (χ2n) is 4.82. The van der Waals surface area contributed by atoms with Crippen LogP contribution in [0.3, 0.4) is 0 Å². The highest BCUT2D eigenvalue weighted by Gasteiger charge is 2.08. The van der Waals surface area contributed by atoms with E-state index < -0.39 is 0 Å². The molecule has 1 atom stereocenters. The van der Waals surface area contributed by atoms with Gasteiger partial charge in [0, 0.05) is 12.5 Å². The average molecular weight is 275 g/mol. The van der Waals surface area contributed by atoms with Gasteiger partial charge in [-0.25, -0.2) is 0 Å². The van der Waals surface area contributed by atoms with Gasteiger partial charge in [-0.1, -0.05) is 24.2 Å². The Hall–Kier alpha value is -1.88. The van der Waals surface area contributed by atoms with E-state index in [-0.39, 0.29) is 0 Å². The molecule has 0 fully saturated rings. The van der Waals surface area contributed by atoms with Gasteiger partial charge < -0.3 is 14.6 Å². The van der Waals surface area contributed by atoms with Crippen LogP contribution < -0.4 is 10.1 Å². The van der Waals surface area contributed by atoms with E-state index in [2.05, 4.69) is 29.3 Å². The van der Waals surface area contributed by atoms with Crippen molar-refractivity contribution in [2.45, 2.75) is 39.3 Å². The zero-order valence-corrected chi connectivity index (χ0v) is 12.2. The second-order valence-corrected chi connectivity index (χ2v) is 4.82. The van der Waals surface area contributed by atoms with Crippen molar-refractivity contribution in [3.05, 3.63) is 41.5 Å². The molecule has 108 valence electrons. The van der Waals surface area contributed by atoms with Crippen molar-refractivity contribution < 1.29 is 9.26 Å². The van der Waals surface area contributed by atoms with E-state index in [4.69, 9.17) is 9.26 Å². The molecule has 2 rings (SSSR count). The van der Waals surface area contributed by atoms with E-state index in [9.17, 15) is 0 Å². The van der Waals surface area contributed by atoms with Gasteiger partial charge in [-0.3, -0.25) is 0 Å². The fraction of sp³-hybridized carbons (Fsp3) is 0.467. The molecule has 1 aromatic heterocycles. The van der Waals surface area contributed by atoms with Crippen molar-refractivity contribution in [1.82, 2.24) is 15.5 Å². The Morgan fingerprint density at radius 3 is 2.70 bits per heavy atom. The van der Waals surface area contributed by atoms with Gasteiger partial charge in [-0.15, -0.1) is 0 Å². The Kier molecular flexibility index (Phi) is 5.12. The maximum Gasteiger partial charge on any atom is 0.240 e. The number of nitrogens with one attached hydrogen (secondary N) is 1. The first-order valence-corrected chi connectivity index (χ1v) is 6.89. The first-order valence-electron chi connectivity index (χ1n) is 6.89. The number of aromatic nitrogens is 2. The average Bonchev–Trinajstić information content (AvgIpc) is 2.93. The molecule has 1 aromatic carbocycles. The van der Waals surface area contributed by atoms with Crippen LogP contribution in [-0.4, -0.2) is 23.3 Å². The van der Waals surface area contributed by atoms with Gasteiger partial charge in [0.15, 0.2) is 5.82 Å². The highest BCUT2D eigenvalue weighted by Crippen LogP contribution is 2.13. The number of ether oxygens (including phenoxy) is 1. The van der Waals surface area contributed by atoms with E-state index in [0.717, 1.165) is 17.7 Å². The van der Waals surface area contributed by atoms with Crippen molar-refractivity contribution in [3.63, 3.8) is 0 Å². The van der Waals surface area contributed by atoms with Crippen LogP contribution in [0.4, 0.5) is 0 Å². The van der Waals surface area contributed by atoms with Gasteiger partial charge in [0.25, 0.3) is 0 Å². The zero-order valence-electron chi connectivity index (χ0n) is 12.2. The number of rotatable bonds is 7. The molecular formula is C15H21N3O2. The lowest BCUT2D eigenvalue weighted by molar-refractivity contribution is 0.354. The van der Waals surface area contributed by atoms with Crippen LogP contribution in [0.15, 0.2) is 28.8 Å². The van der Waals surface area contributed by atoms with Crippen molar-refractivity contribution in [2.24, 2.45) is 0 Å². The number of methoxy groups -OCH3 is 1. The van der Waals surface area contributed by atoms with Crippen LogP contribution in [-0.2, 0) is 13.0 Å². The van der Waals surface area contributed by atoms with E-state index in [1.807, 2.05) is 24.3 Å². The first kappa shape index (κ1) is 14.5. The highest BCUT2D eigenvalue weighted by molar-refractivity contribution is 5.28. The fourth-order valence-electron chi connectivity index (χ4n) is 1.77. The lowest BCUT2D eigenvalue weighted by Gasteiger charge is -2.07. The third-order valence-electron chi connectivity index (χ3n) is 3.25. The quantitative estimate of drug-likeness (QED) is 0.841. The predicted octanol–water partition coefficient (Wildman–Crippen LogP) is 2.56. The number of nitrogens with zero attached hydrogens (tertiary/aromatic N) is 2. The molecule has 5 nitrogen and oxygen atoms in total. The summed E-state index contributed by atoms with van der Waals surface area (Å²) in [7, 11) is 1.66. The normalized spacial score (nSPS) is 12.3. The molecule has 1 N–H and O–H groups in total. The molecule has 2 aromatic rings. The summed E-state index contributed by atoms with van der Waals surface area (Å²) in [6, 6.07) is 8.33. The summed E-state index contributed by atoms with van der Waals surface area (Å²) in [5.41, 5.74) is 1.13. The summed E-state index contributed by atoms with van der Waals surface area (Å²) < 4.78 is 10.4. The first-order chi connectivity index (χ1) is 9.71. The molecule has 5 heteroatoms. The summed E-state index contributed by atoms with van der Waals surface area (Å²) in [4.78, 5) is 4.38. The Morgan fingerprint density at radius 2 is 2.05 bits per heavy atom. The van der Waals surface area contributed by atoms with Crippen LogP contribution in [0.1, 0.15) is 37.5 Å². The van der Waals surface area contributed by atoms with Gasteiger partial charge in [0.1, 0.15) is 5.75 Å². The highest BCUT2D eigenvalue weighted by atomic mass is 16.5. The summed E-state index contributed by atoms with van der Waals surface area (Å²) in [6.07, 6.45) is 1.74. The molecule has 0 saturated heterocycles. The Balaban J connectivity index is 1.91. The van der Waals surface area contributed by atoms with Gasteiger partial charge in [0.05, 0.1) is 13.7 Å². The monoisotopic (exact) mass is 275 g/mol. The molecule has 0 spiro atoms. The smallest absolute Gasteiger partial charge is 0.240 e. The van der Waals surface area contributed by atoms with Gasteiger partial charge in [-0.2, -0.15) is 4.98 Å². The predicted molar refractivity (Wildman–Crippen MR) is 76.7 cm³/mol. The molecule has 0 amide bonds. The maximum absolute atomic E-state index is 5.23. The standard InChI is InChI=1S/C15H21N3O2/c1-4-11(2)16-10-15-17-14(18-20-15)9-12-5-7-13(19-3)8-6-12/h5-8,11,16H,4,9-10H2,1-3H3. The summed E-state index contributed by atoms with van der Waals surface area (Å²) in [6.45, 7) is 4.89. The minimum absolute atomic E-state index is 0.451. The lowest BCUT2D eigenvalue weighted by atomic mass is 10.1. The van der Waals surface area contributed by atoms with Crippen molar-refractivity contribution >= 4 is 0 Å². The van der Waals surface area contributed by atoms with E-state index in [1.54, 1.807) is 7.11 Å². The maximum atomic E-state index is 5.23. The minimum Gasteiger partial charge on any atom is -0.497 e. The minimum atomic E-state index is 0.451. The van der Waals surface area contributed by atoms with Crippen LogP contribution in [0.5, 0.6) is 5.75 Å². The Labute approximate surface area is 119 Å². The molecule has 0 aliphatic heterocycles. The van der Waals surface area contributed by atoms with Crippen LogP contribution in [0, 0.1) is 0 Å². The second kappa shape index (κ2) is 7.05. The van der Waals surface area contributed by atoms with E-state index >= 15 is 0 Å². The van der Waals surface area contributed by atoms with Crippen LogP contribution >= 0.6 is 0 Å². The third-order valence-corrected chi connectivity index (χ3v) is 3.25. The summed E-state index contributed by atoms with van der Waals surface area (Å²) in [5.74, 6) is 2.19. The lowest BCUT2D eigenvalue weighted by Crippen LogP contribution is -2.24. The molecule has 1 unspecified atom stereocenters. The molecular weight excluding hydrogens is 254 g/mol. The van der Waals surface area contributed by atoms with Gasteiger partial charge in [-0.05, 0) is 31.0 Å². The third kappa shape index (κ3) is 4.06. The fourth-order valence-corrected chi connectivity index (χ4v) is 1.77. The summed E-state index contributed by atoms with van der Waals surface area (Å²) >= 11 is 0. The molecule has 0 aliphatic rings. The van der Waals surface area contributed by atoms with Crippen molar-refractivity contribution in [3.8, 4) is 5.75 Å². The number of benzene rings is 1. The SMILES string of the molecule is CCC(C)NCc1nc(Cc2ccc(OC)cc2)no1. The largest absolute Gasteiger partial charge is 0.497 e. The van der Waals surface area contributed by atoms with Crippen LogP contribution in [0.2, 0.25) is 0 Å². The molecule has 1 heterocycles. The van der Waals surface area contributed by atoms with Gasteiger partial charge in [0.2, 0.25) is 5.89 Å². The zero-order chi connectivity index (χ0) is 14.4. The molecule has 0 saturated carbocycles. The number of hydrogen-bond donors (Lipinski definition) is 1. The van der Waals surface area contributed by atoms with Gasteiger partial charge >= 0.3 is 0 Å². The number of hydrogen-bond acceptors (Lipinski definition) is 5. The van der Waals surface area contributed by atoms with Crippen LogP contribution in [0.25, 0.3) is 0 Å². The summed E-state index contributed by atoms with van der Waals surface area (Å²) in [5, 5.41) is 7.33. The molecule has 0 radical (unpaired) electrons. The Morgan fingerprint density at radius 1 is 1.30 bits per heavy atom. The molecule has 0 bridgehead atoms. The van der Waals surface area contributed by atoms with E-state index in [0.29, 0.717) is 30.7 Å². The van der Waals surface area contributed by atoms with Crippen molar-refractivity contribution in [2.75, 3.05) is 7.11 Å². The molecule has 20 heavy (non-hydrogen) atoms. The molecule has 0 aliphatic carbocycles. The topological polar surface area (TPSA) is 60.2 Å².